The van der Waals surface area contributed by atoms with E-state index in [0.717, 1.165) is 6.07 Å². The highest BCUT2D eigenvalue weighted by Gasteiger charge is 2.27. The van der Waals surface area contributed by atoms with E-state index < -0.39 is 11.7 Å². The lowest BCUT2D eigenvalue weighted by Crippen LogP contribution is -2.13. The SMILES string of the molecule is O=C1Nc2cc(Cl)c(F)cc2/C1=N/N=C/c1ccccc1O. The van der Waals surface area contributed by atoms with Crippen molar-refractivity contribution < 1.29 is 14.3 Å². The molecule has 0 aliphatic carbocycles. The molecule has 7 heteroatoms. The van der Waals surface area contributed by atoms with Crippen molar-refractivity contribution >= 4 is 35.1 Å². The normalized spacial score (nSPS) is 15.4. The predicted octanol–water partition coefficient (Wildman–Crippen LogP) is 2.96. The molecule has 0 atom stereocenters. The molecular formula is C15H9ClFN3O2. The Morgan fingerprint density at radius 2 is 2.05 bits per heavy atom. The number of rotatable bonds is 2. The first-order valence-corrected chi connectivity index (χ1v) is 6.64. The van der Waals surface area contributed by atoms with Gasteiger partial charge in [0, 0.05) is 11.1 Å². The van der Waals surface area contributed by atoms with Crippen molar-refractivity contribution in [2.24, 2.45) is 10.2 Å². The number of phenolic OH excluding ortho intramolecular Hbond substituents is 1. The number of benzene rings is 2. The van der Waals surface area contributed by atoms with Crippen LogP contribution in [0.4, 0.5) is 10.1 Å². The smallest absolute Gasteiger partial charge is 0.276 e. The summed E-state index contributed by atoms with van der Waals surface area (Å²) in [5.41, 5.74) is 1.11. The number of amides is 1. The minimum Gasteiger partial charge on any atom is -0.507 e. The van der Waals surface area contributed by atoms with Gasteiger partial charge in [0.1, 0.15) is 11.6 Å². The Kier molecular flexibility index (Phi) is 3.60. The molecule has 0 bridgehead atoms. The maximum atomic E-state index is 13.5. The van der Waals surface area contributed by atoms with Crippen molar-refractivity contribution in [1.29, 1.82) is 0 Å². The zero-order valence-electron chi connectivity index (χ0n) is 11.0. The number of fused-ring (bicyclic) bond motifs is 1. The van der Waals surface area contributed by atoms with Gasteiger partial charge in [0.25, 0.3) is 5.91 Å². The van der Waals surface area contributed by atoms with Crippen molar-refractivity contribution in [2.75, 3.05) is 5.32 Å². The van der Waals surface area contributed by atoms with Crippen LogP contribution in [0.5, 0.6) is 5.75 Å². The van der Waals surface area contributed by atoms with E-state index in [1.807, 2.05) is 0 Å². The lowest BCUT2D eigenvalue weighted by molar-refractivity contribution is -0.110. The summed E-state index contributed by atoms with van der Waals surface area (Å²) < 4.78 is 13.5. The van der Waals surface area contributed by atoms with Gasteiger partial charge >= 0.3 is 0 Å². The van der Waals surface area contributed by atoms with E-state index in [0.29, 0.717) is 16.8 Å². The fraction of sp³-hybridized carbons (Fsp3) is 0. The van der Waals surface area contributed by atoms with Crippen molar-refractivity contribution in [3.8, 4) is 5.75 Å². The van der Waals surface area contributed by atoms with Crippen LogP contribution in [0.2, 0.25) is 5.02 Å². The summed E-state index contributed by atoms with van der Waals surface area (Å²) in [6.07, 6.45) is 1.31. The Morgan fingerprint density at radius 1 is 1.27 bits per heavy atom. The van der Waals surface area contributed by atoms with Gasteiger partial charge in [-0.05, 0) is 24.3 Å². The highest BCUT2D eigenvalue weighted by atomic mass is 35.5. The van der Waals surface area contributed by atoms with Crippen LogP contribution < -0.4 is 5.32 Å². The number of carbonyl (C=O) groups is 1. The van der Waals surface area contributed by atoms with Crippen LogP contribution in [0.25, 0.3) is 0 Å². The molecule has 0 fully saturated rings. The van der Waals surface area contributed by atoms with Crippen LogP contribution in [-0.4, -0.2) is 22.9 Å². The van der Waals surface area contributed by atoms with E-state index in [1.165, 1.54) is 18.3 Å². The summed E-state index contributed by atoms with van der Waals surface area (Å²) in [6, 6.07) is 8.99. The molecular weight excluding hydrogens is 309 g/mol. The van der Waals surface area contributed by atoms with Gasteiger partial charge in [-0.25, -0.2) is 4.39 Å². The first-order valence-electron chi connectivity index (χ1n) is 6.26. The second kappa shape index (κ2) is 5.57. The summed E-state index contributed by atoms with van der Waals surface area (Å²) >= 11 is 5.67. The van der Waals surface area contributed by atoms with E-state index in [2.05, 4.69) is 15.5 Å². The lowest BCUT2D eigenvalue weighted by Gasteiger charge is -1.99. The Hall–Kier alpha value is -2.73. The highest BCUT2D eigenvalue weighted by Crippen LogP contribution is 2.29. The molecule has 2 aromatic carbocycles. The summed E-state index contributed by atoms with van der Waals surface area (Å²) in [6.45, 7) is 0. The van der Waals surface area contributed by atoms with Gasteiger partial charge in [-0.3, -0.25) is 4.79 Å². The summed E-state index contributed by atoms with van der Waals surface area (Å²) in [7, 11) is 0. The zero-order chi connectivity index (χ0) is 15.7. The van der Waals surface area contributed by atoms with Gasteiger partial charge in [0.15, 0.2) is 5.71 Å². The molecule has 0 aromatic heterocycles. The second-order valence-electron chi connectivity index (χ2n) is 4.52. The van der Waals surface area contributed by atoms with Crippen molar-refractivity contribution in [1.82, 2.24) is 0 Å². The standard InChI is InChI=1S/C15H9ClFN3O2/c16-10-6-12-9(5-11(10)17)14(15(22)19-12)20-18-7-8-3-1-2-4-13(8)21/h1-7,21H,(H,19,20,22)/b18-7+. The predicted molar refractivity (Wildman–Crippen MR) is 82.3 cm³/mol. The second-order valence-corrected chi connectivity index (χ2v) is 4.93. The van der Waals surface area contributed by atoms with Crippen LogP contribution in [0.3, 0.4) is 0 Å². The number of nitrogens with zero attached hydrogens (tertiary/aromatic N) is 2. The van der Waals surface area contributed by atoms with Crippen molar-refractivity contribution in [2.45, 2.75) is 0 Å². The molecule has 1 aliphatic rings. The Morgan fingerprint density at radius 3 is 2.82 bits per heavy atom. The van der Waals surface area contributed by atoms with E-state index in [1.54, 1.807) is 18.2 Å². The van der Waals surface area contributed by atoms with Gasteiger partial charge in [-0.15, -0.1) is 5.10 Å². The Balaban J connectivity index is 1.95. The summed E-state index contributed by atoms with van der Waals surface area (Å²) in [5.74, 6) is -1.10. The summed E-state index contributed by atoms with van der Waals surface area (Å²) in [4.78, 5) is 11.8. The van der Waals surface area contributed by atoms with Crippen molar-refractivity contribution in [3.63, 3.8) is 0 Å². The fourth-order valence-electron chi connectivity index (χ4n) is 1.99. The third kappa shape index (κ3) is 2.56. The molecule has 2 N–H and O–H groups in total. The fourth-order valence-corrected chi connectivity index (χ4v) is 2.16. The Labute approximate surface area is 129 Å². The maximum Gasteiger partial charge on any atom is 0.276 e. The number of hydrogen-bond donors (Lipinski definition) is 2. The molecule has 1 heterocycles. The largest absolute Gasteiger partial charge is 0.507 e. The lowest BCUT2D eigenvalue weighted by atomic mass is 10.1. The molecule has 2 aromatic rings. The average Bonchev–Trinajstić information content (AvgIpc) is 2.77. The summed E-state index contributed by atoms with van der Waals surface area (Å²) in [5, 5.41) is 19.6. The quantitative estimate of drug-likeness (QED) is 0.660. The van der Waals surface area contributed by atoms with Gasteiger partial charge in [-0.1, -0.05) is 23.7 Å². The molecule has 0 unspecified atom stereocenters. The third-order valence-electron chi connectivity index (χ3n) is 3.07. The van der Waals surface area contributed by atoms with Crippen molar-refractivity contribution in [3.05, 3.63) is 58.4 Å². The number of phenols is 1. The molecule has 0 saturated heterocycles. The molecule has 0 saturated carbocycles. The molecule has 1 aliphatic heterocycles. The maximum absolute atomic E-state index is 13.5. The van der Waals surface area contributed by atoms with Crippen LogP contribution in [0.1, 0.15) is 11.1 Å². The van der Waals surface area contributed by atoms with Gasteiger partial charge in [0.05, 0.1) is 16.9 Å². The molecule has 0 spiro atoms. The first kappa shape index (κ1) is 14.2. The minimum atomic E-state index is -0.644. The molecule has 1 amide bonds. The number of halogens is 2. The third-order valence-corrected chi connectivity index (χ3v) is 3.36. The van der Waals surface area contributed by atoms with E-state index >= 15 is 0 Å². The molecule has 3 rings (SSSR count). The average molecular weight is 318 g/mol. The molecule has 110 valence electrons. The van der Waals surface area contributed by atoms with Crippen LogP contribution in [-0.2, 0) is 4.79 Å². The first-order chi connectivity index (χ1) is 10.6. The van der Waals surface area contributed by atoms with Crippen LogP contribution >= 0.6 is 11.6 Å². The van der Waals surface area contributed by atoms with E-state index in [4.69, 9.17) is 11.6 Å². The van der Waals surface area contributed by atoms with E-state index in [9.17, 15) is 14.3 Å². The van der Waals surface area contributed by atoms with Gasteiger partial charge < -0.3 is 10.4 Å². The van der Waals surface area contributed by atoms with Gasteiger partial charge in [-0.2, -0.15) is 5.10 Å². The Bertz CT molecular complexity index is 834. The molecule has 0 radical (unpaired) electrons. The van der Waals surface area contributed by atoms with E-state index in [-0.39, 0.29) is 16.5 Å². The molecule has 5 nitrogen and oxygen atoms in total. The zero-order valence-corrected chi connectivity index (χ0v) is 11.8. The highest BCUT2D eigenvalue weighted by molar-refractivity contribution is 6.54. The molecule has 22 heavy (non-hydrogen) atoms. The number of anilines is 1. The number of aromatic hydroxyl groups is 1. The monoisotopic (exact) mass is 317 g/mol. The van der Waals surface area contributed by atoms with Crippen LogP contribution in [0, 0.1) is 5.82 Å². The topological polar surface area (TPSA) is 74.0 Å². The number of hydrogen-bond acceptors (Lipinski definition) is 4. The number of carbonyl (C=O) groups excluding carboxylic acids is 1. The van der Waals surface area contributed by atoms with Crippen LogP contribution in [0.15, 0.2) is 46.6 Å². The van der Waals surface area contributed by atoms with Gasteiger partial charge in [0.2, 0.25) is 0 Å². The number of nitrogens with one attached hydrogen (secondary N) is 1. The number of para-hydroxylation sites is 1. The minimum absolute atomic E-state index is 0.0164.